The molecule has 2 aliphatic heterocycles. The number of hydrogen-bond acceptors (Lipinski definition) is 2. The number of rotatable bonds is 1. The van der Waals surface area contributed by atoms with Crippen LogP contribution in [0.25, 0.3) is 0 Å². The van der Waals surface area contributed by atoms with Gasteiger partial charge in [-0.25, -0.2) is 0 Å². The summed E-state index contributed by atoms with van der Waals surface area (Å²) in [7, 11) is 0. The molecule has 1 amide bonds. The summed E-state index contributed by atoms with van der Waals surface area (Å²) in [5.74, 6) is 0.174. The van der Waals surface area contributed by atoms with Crippen molar-refractivity contribution >= 4 is 5.91 Å². The first-order chi connectivity index (χ1) is 4.77. The average molecular weight is 141 g/mol. The third-order valence-electron chi connectivity index (χ3n) is 2.18. The van der Waals surface area contributed by atoms with E-state index in [9.17, 15) is 4.79 Å². The molecule has 0 aliphatic carbocycles. The highest BCUT2D eigenvalue weighted by atomic mass is 16.6. The zero-order chi connectivity index (χ0) is 7.14. The molecule has 2 unspecified atom stereocenters. The van der Waals surface area contributed by atoms with Gasteiger partial charge < -0.3 is 10.1 Å². The average Bonchev–Trinajstić information content (AvgIpc) is 2.42. The second kappa shape index (κ2) is 1.95. The molecular formula is C7H11NO2. The fraction of sp³-hybridized carbons (Fsp3) is 0.857. The van der Waals surface area contributed by atoms with E-state index in [-0.39, 0.29) is 5.91 Å². The molecule has 3 heteroatoms. The maximum atomic E-state index is 10.7. The molecule has 2 aliphatic rings. The highest BCUT2D eigenvalue weighted by Crippen LogP contribution is 2.28. The quantitative estimate of drug-likeness (QED) is 0.524. The van der Waals surface area contributed by atoms with Crippen LogP contribution in [0.3, 0.4) is 0 Å². The number of carbonyl (C=O) groups is 1. The summed E-state index contributed by atoms with van der Waals surface area (Å²) in [6.45, 7) is 2.04. The van der Waals surface area contributed by atoms with E-state index in [4.69, 9.17) is 4.74 Å². The van der Waals surface area contributed by atoms with Gasteiger partial charge in [0, 0.05) is 6.42 Å². The smallest absolute Gasteiger partial charge is 0.220 e. The molecule has 3 nitrogen and oxygen atoms in total. The third-order valence-corrected chi connectivity index (χ3v) is 2.18. The largest absolute Gasteiger partial charge is 0.368 e. The van der Waals surface area contributed by atoms with Gasteiger partial charge in [-0.05, 0) is 13.3 Å². The first-order valence-electron chi connectivity index (χ1n) is 3.72. The van der Waals surface area contributed by atoms with E-state index >= 15 is 0 Å². The van der Waals surface area contributed by atoms with E-state index in [1.54, 1.807) is 0 Å². The zero-order valence-electron chi connectivity index (χ0n) is 5.96. The van der Waals surface area contributed by atoms with Crippen molar-refractivity contribution in [3.05, 3.63) is 0 Å². The van der Waals surface area contributed by atoms with Crippen LogP contribution in [0.2, 0.25) is 0 Å². The second-order valence-corrected chi connectivity index (χ2v) is 3.02. The Morgan fingerprint density at radius 3 is 2.80 bits per heavy atom. The fourth-order valence-electron chi connectivity index (χ4n) is 1.51. The highest BCUT2D eigenvalue weighted by molar-refractivity contribution is 5.78. The van der Waals surface area contributed by atoms with Gasteiger partial charge in [0.1, 0.15) is 6.10 Å². The lowest BCUT2D eigenvalue weighted by molar-refractivity contribution is -0.119. The second-order valence-electron chi connectivity index (χ2n) is 3.02. The van der Waals surface area contributed by atoms with Gasteiger partial charge in [-0.1, -0.05) is 0 Å². The first-order valence-corrected chi connectivity index (χ1v) is 3.72. The van der Waals surface area contributed by atoms with Gasteiger partial charge in [0.15, 0.2) is 0 Å². The summed E-state index contributed by atoms with van der Waals surface area (Å²) in [6, 6.07) is 0.308. The van der Waals surface area contributed by atoms with Crippen molar-refractivity contribution in [3.8, 4) is 0 Å². The van der Waals surface area contributed by atoms with Gasteiger partial charge in [0.05, 0.1) is 12.1 Å². The summed E-state index contributed by atoms with van der Waals surface area (Å²) in [4.78, 5) is 10.7. The topological polar surface area (TPSA) is 41.6 Å². The normalized spacial score (nSPS) is 45.3. The molecule has 56 valence electrons. The zero-order valence-corrected chi connectivity index (χ0v) is 5.96. The predicted octanol–water partition coefficient (Wildman–Crippen LogP) is 0.0523. The van der Waals surface area contributed by atoms with E-state index < -0.39 is 0 Å². The molecule has 2 fully saturated rings. The van der Waals surface area contributed by atoms with Crippen LogP contribution in [0.15, 0.2) is 0 Å². The summed E-state index contributed by atoms with van der Waals surface area (Å²) in [5, 5.41) is 2.88. The van der Waals surface area contributed by atoms with E-state index in [0.29, 0.717) is 24.7 Å². The predicted molar refractivity (Wildman–Crippen MR) is 35.5 cm³/mol. The fourth-order valence-corrected chi connectivity index (χ4v) is 1.51. The molecular weight excluding hydrogens is 130 g/mol. The molecule has 0 aromatic carbocycles. The number of hydrogen-bond donors (Lipinski definition) is 1. The minimum Gasteiger partial charge on any atom is -0.368 e. The van der Waals surface area contributed by atoms with Gasteiger partial charge in [-0.15, -0.1) is 0 Å². The van der Waals surface area contributed by atoms with Crippen LogP contribution in [0, 0.1) is 0 Å². The molecule has 0 radical (unpaired) electrons. The number of amides is 1. The number of epoxide rings is 1. The molecule has 0 aromatic rings. The summed E-state index contributed by atoms with van der Waals surface area (Å²) in [5.41, 5.74) is 0. The molecule has 0 saturated carbocycles. The van der Waals surface area contributed by atoms with Crippen LogP contribution in [0.1, 0.15) is 19.8 Å². The Bertz CT molecular complexity index is 169. The van der Waals surface area contributed by atoms with Crippen LogP contribution in [-0.2, 0) is 9.53 Å². The summed E-state index contributed by atoms with van der Waals surface area (Å²) >= 11 is 0. The number of carbonyl (C=O) groups excluding carboxylic acids is 1. The molecule has 0 spiro atoms. The number of nitrogens with one attached hydrogen (secondary N) is 1. The summed E-state index contributed by atoms with van der Waals surface area (Å²) < 4.78 is 5.23. The third kappa shape index (κ3) is 0.904. The summed E-state index contributed by atoms with van der Waals surface area (Å²) in [6.07, 6.45) is 2.31. The van der Waals surface area contributed by atoms with Crippen molar-refractivity contribution in [1.29, 1.82) is 0 Å². The van der Waals surface area contributed by atoms with Gasteiger partial charge in [0.2, 0.25) is 5.91 Å². The van der Waals surface area contributed by atoms with E-state index in [0.717, 1.165) is 6.42 Å². The van der Waals surface area contributed by atoms with Crippen LogP contribution in [-0.4, -0.2) is 24.2 Å². The van der Waals surface area contributed by atoms with Crippen molar-refractivity contribution in [2.75, 3.05) is 0 Å². The Morgan fingerprint density at radius 2 is 2.40 bits per heavy atom. The Labute approximate surface area is 59.7 Å². The Balaban J connectivity index is 1.90. The van der Waals surface area contributed by atoms with E-state index in [1.807, 2.05) is 6.92 Å². The molecule has 3 atom stereocenters. The molecule has 2 saturated heterocycles. The highest BCUT2D eigenvalue weighted by Gasteiger charge is 2.43. The van der Waals surface area contributed by atoms with Crippen molar-refractivity contribution < 1.29 is 9.53 Å². The molecule has 10 heavy (non-hydrogen) atoms. The van der Waals surface area contributed by atoms with Gasteiger partial charge in [-0.3, -0.25) is 4.79 Å². The van der Waals surface area contributed by atoms with E-state index in [2.05, 4.69) is 5.32 Å². The van der Waals surface area contributed by atoms with E-state index in [1.165, 1.54) is 0 Å². The van der Waals surface area contributed by atoms with Gasteiger partial charge in [-0.2, -0.15) is 0 Å². The lowest BCUT2D eigenvalue weighted by atomic mass is 10.1. The molecule has 0 aromatic heterocycles. The van der Waals surface area contributed by atoms with Crippen LogP contribution in [0.4, 0.5) is 0 Å². The minimum atomic E-state index is 0.174. The maximum absolute atomic E-state index is 10.7. The maximum Gasteiger partial charge on any atom is 0.220 e. The standard InChI is InChI=1S/C7H11NO2/c1-4-7(10-4)5-2-3-6(9)8-5/h4-5,7H,2-3H2,1H3,(H,8,9)/t4?,5-,7?/m0/s1. The van der Waals surface area contributed by atoms with Crippen molar-refractivity contribution in [1.82, 2.24) is 5.32 Å². The van der Waals surface area contributed by atoms with Crippen LogP contribution < -0.4 is 5.32 Å². The molecule has 2 rings (SSSR count). The molecule has 1 N–H and O–H groups in total. The van der Waals surface area contributed by atoms with Crippen molar-refractivity contribution in [2.45, 2.75) is 38.0 Å². The Kier molecular flexibility index (Phi) is 1.20. The monoisotopic (exact) mass is 141 g/mol. The van der Waals surface area contributed by atoms with Crippen molar-refractivity contribution in [2.24, 2.45) is 0 Å². The van der Waals surface area contributed by atoms with Gasteiger partial charge >= 0.3 is 0 Å². The minimum absolute atomic E-state index is 0.174. The first kappa shape index (κ1) is 6.16. The SMILES string of the molecule is CC1OC1[C@@H]1CCC(=O)N1. The molecule has 0 bridgehead atoms. The number of ether oxygens (including phenoxy) is 1. The van der Waals surface area contributed by atoms with Crippen LogP contribution in [0.5, 0.6) is 0 Å². The lowest BCUT2D eigenvalue weighted by Gasteiger charge is -2.03. The van der Waals surface area contributed by atoms with Gasteiger partial charge in [0.25, 0.3) is 0 Å². The molecule has 2 heterocycles. The lowest BCUT2D eigenvalue weighted by Crippen LogP contribution is -2.30. The Morgan fingerprint density at radius 1 is 1.70 bits per heavy atom. The van der Waals surface area contributed by atoms with Crippen molar-refractivity contribution in [3.63, 3.8) is 0 Å². The Hall–Kier alpha value is -0.570. The van der Waals surface area contributed by atoms with Crippen LogP contribution >= 0.6 is 0 Å².